The quantitative estimate of drug-likeness (QED) is 0.411. The van der Waals surface area contributed by atoms with Crippen molar-refractivity contribution in [1.29, 1.82) is 5.41 Å². The summed E-state index contributed by atoms with van der Waals surface area (Å²) in [5, 5.41) is 14.3. The molecule has 3 N–H and O–H groups in total. The van der Waals surface area contributed by atoms with E-state index in [1.54, 1.807) is 56.4 Å². The first-order valence-corrected chi connectivity index (χ1v) is 10.8. The zero-order valence-electron chi connectivity index (χ0n) is 19.0. The van der Waals surface area contributed by atoms with Gasteiger partial charge in [-0.25, -0.2) is 4.79 Å². The Balaban J connectivity index is 1.71. The topological polar surface area (TPSA) is 104 Å². The number of nitrogens with one attached hydrogen (secondary N) is 3. The number of aromatic nitrogens is 1. The van der Waals surface area contributed by atoms with Crippen LogP contribution >= 0.6 is 0 Å². The van der Waals surface area contributed by atoms with Gasteiger partial charge in [-0.15, -0.1) is 0 Å². The van der Waals surface area contributed by atoms with E-state index in [1.807, 2.05) is 37.3 Å². The van der Waals surface area contributed by atoms with Crippen molar-refractivity contribution in [3.8, 4) is 0 Å². The molecular weight excluding hydrogens is 416 g/mol. The van der Waals surface area contributed by atoms with Gasteiger partial charge in [-0.1, -0.05) is 35.9 Å². The molecule has 1 atom stereocenters. The lowest BCUT2D eigenvalue weighted by Gasteiger charge is -2.19. The van der Waals surface area contributed by atoms with E-state index in [0.717, 1.165) is 5.56 Å². The lowest BCUT2D eigenvalue weighted by Crippen LogP contribution is -2.30. The van der Waals surface area contributed by atoms with Crippen molar-refractivity contribution in [3.05, 3.63) is 95.3 Å². The molecule has 2 amide bonds. The SMILES string of the molecule is Cc1ccc(C(=O)NC(CC(=N)c2ccc(NC(=O)OC(C)C)cc2)c2ccccn2)cc1. The maximum atomic E-state index is 12.8. The van der Waals surface area contributed by atoms with Crippen LogP contribution in [0.4, 0.5) is 10.5 Å². The third kappa shape index (κ3) is 7.00. The molecular formula is C26H28N4O3. The molecule has 170 valence electrons. The summed E-state index contributed by atoms with van der Waals surface area (Å²) in [6.07, 6.45) is 1.19. The summed E-state index contributed by atoms with van der Waals surface area (Å²) in [5.74, 6) is -0.221. The van der Waals surface area contributed by atoms with Crippen LogP contribution in [-0.2, 0) is 4.74 Å². The molecule has 1 aromatic heterocycles. The molecule has 2 aromatic carbocycles. The normalized spacial score (nSPS) is 11.5. The minimum Gasteiger partial charge on any atom is -0.447 e. The Morgan fingerprint density at radius 2 is 1.64 bits per heavy atom. The molecule has 0 saturated heterocycles. The summed E-state index contributed by atoms with van der Waals surface area (Å²) < 4.78 is 5.07. The third-order valence-electron chi connectivity index (χ3n) is 4.89. The van der Waals surface area contributed by atoms with Crippen molar-refractivity contribution >= 4 is 23.4 Å². The van der Waals surface area contributed by atoms with Gasteiger partial charge < -0.3 is 15.5 Å². The van der Waals surface area contributed by atoms with Gasteiger partial charge >= 0.3 is 6.09 Å². The molecule has 0 spiro atoms. The van der Waals surface area contributed by atoms with Gasteiger partial charge in [-0.3, -0.25) is 15.1 Å². The second-order valence-electron chi connectivity index (χ2n) is 7.99. The van der Waals surface area contributed by atoms with E-state index < -0.39 is 12.1 Å². The van der Waals surface area contributed by atoms with E-state index in [0.29, 0.717) is 28.2 Å². The van der Waals surface area contributed by atoms with Crippen LogP contribution < -0.4 is 10.6 Å². The second kappa shape index (κ2) is 11.0. The molecule has 3 aromatic rings. The minimum absolute atomic E-state index is 0.212. The largest absolute Gasteiger partial charge is 0.447 e. The number of benzene rings is 2. The summed E-state index contributed by atoms with van der Waals surface area (Å²) in [6, 6.07) is 19.3. The van der Waals surface area contributed by atoms with Crippen LogP contribution in [0.2, 0.25) is 0 Å². The Labute approximate surface area is 193 Å². The van der Waals surface area contributed by atoms with Gasteiger partial charge in [0.25, 0.3) is 5.91 Å². The first-order valence-electron chi connectivity index (χ1n) is 10.8. The zero-order chi connectivity index (χ0) is 23.8. The van der Waals surface area contributed by atoms with E-state index in [9.17, 15) is 9.59 Å². The molecule has 0 aliphatic rings. The predicted octanol–water partition coefficient (Wildman–Crippen LogP) is 5.28. The minimum atomic E-state index is -0.526. The number of amides is 2. The van der Waals surface area contributed by atoms with Gasteiger partial charge in [-0.05, 0) is 62.7 Å². The van der Waals surface area contributed by atoms with Gasteiger partial charge in [0.2, 0.25) is 0 Å². The van der Waals surface area contributed by atoms with Crippen LogP contribution in [0.5, 0.6) is 0 Å². The van der Waals surface area contributed by atoms with Crippen molar-refractivity contribution in [3.63, 3.8) is 0 Å². The molecule has 0 aliphatic carbocycles. The van der Waals surface area contributed by atoms with Gasteiger partial charge in [-0.2, -0.15) is 0 Å². The van der Waals surface area contributed by atoms with Gasteiger partial charge in [0.05, 0.1) is 17.8 Å². The number of hydrogen-bond acceptors (Lipinski definition) is 5. The van der Waals surface area contributed by atoms with E-state index in [2.05, 4.69) is 15.6 Å². The van der Waals surface area contributed by atoms with Crippen molar-refractivity contribution in [2.75, 3.05) is 5.32 Å². The van der Waals surface area contributed by atoms with Crippen LogP contribution in [0.1, 0.15) is 53.5 Å². The Hall–Kier alpha value is -4.00. The maximum Gasteiger partial charge on any atom is 0.411 e. The molecule has 7 nitrogen and oxygen atoms in total. The monoisotopic (exact) mass is 444 g/mol. The molecule has 7 heteroatoms. The molecule has 1 unspecified atom stereocenters. The Morgan fingerprint density at radius 1 is 0.970 bits per heavy atom. The number of pyridine rings is 1. The highest BCUT2D eigenvalue weighted by molar-refractivity contribution is 6.00. The van der Waals surface area contributed by atoms with Crippen LogP contribution in [0.15, 0.2) is 72.9 Å². The average molecular weight is 445 g/mol. The first-order chi connectivity index (χ1) is 15.8. The van der Waals surface area contributed by atoms with Crippen molar-refractivity contribution in [1.82, 2.24) is 10.3 Å². The number of rotatable bonds is 8. The van der Waals surface area contributed by atoms with Crippen LogP contribution in [0.3, 0.4) is 0 Å². The summed E-state index contributed by atoms with van der Waals surface area (Å²) in [6.45, 7) is 5.52. The highest BCUT2D eigenvalue weighted by Gasteiger charge is 2.19. The number of carbonyl (C=O) groups excluding carboxylic acids is 2. The smallest absolute Gasteiger partial charge is 0.411 e. The molecule has 0 fully saturated rings. The van der Waals surface area contributed by atoms with E-state index >= 15 is 0 Å². The Bertz CT molecular complexity index is 1090. The van der Waals surface area contributed by atoms with E-state index in [1.165, 1.54) is 0 Å². The van der Waals surface area contributed by atoms with E-state index in [4.69, 9.17) is 10.1 Å². The third-order valence-corrected chi connectivity index (χ3v) is 4.89. The summed E-state index contributed by atoms with van der Waals surface area (Å²) in [4.78, 5) is 29.0. The second-order valence-corrected chi connectivity index (χ2v) is 7.99. The number of anilines is 1. The van der Waals surface area contributed by atoms with Crippen molar-refractivity contribution < 1.29 is 14.3 Å². The number of aryl methyl sites for hydroxylation is 1. The standard InChI is InChI=1S/C26H28N4O3/c1-17(2)33-26(32)29-21-13-11-19(12-14-21)22(27)16-24(23-6-4-5-15-28-23)30-25(31)20-9-7-18(3)8-10-20/h4-15,17,24,27H,16H2,1-3H3,(H,29,32)(H,30,31). The number of carbonyl (C=O) groups is 2. The maximum absolute atomic E-state index is 12.8. The predicted molar refractivity (Wildman–Crippen MR) is 129 cm³/mol. The fourth-order valence-corrected chi connectivity index (χ4v) is 3.20. The Kier molecular flexibility index (Phi) is 7.91. The lowest BCUT2D eigenvalue weighted by atomic mass is 9.99. The molecule has 33 heavy (non-hydrogen) atoms. The number of hydrogen-bond donors (Lipinski definition) is 3. The first kappa shape index (κ1) is 23.7. The molecule has 0 saturated carbocycles. The van der Waals surface area contributed by atoms with Gasteiger partial charge in [0.15, 0.2) is 0 Å². The highest BCUT2D eigenvalue weighted by Crippen LogP contribution is 2.20. The van der Waals surface area contributed by atoms with Crippen molar-refractivity contribution in [2.24, 2.45) is 0 Å². The van der Waals surface area contributed by atoms with Crippen molar-refractivity contribution in [2.45, 2.75) is 39.3 Å². The van der Waals surface area contributed by atoms with Crippen LogP contribution in [0, 0.1) is 12.3 Å². The average Bonchev–Trinajstić information content (AvgIpc) is 2.79. The fraction of sp³-hybridized carbons (Fsp3) is 0.231. The number of ether oxygens (including phenoxy) is 1. The summed E-state index contributed by atoms with van der Waals surface area (Å²) in [7, 11) is 0. The lowest BCUT2D eigenvalue weighted by molar-refractivity contribution is 0.0936. The van der Waals surface area contributed by atoms with E-state index in [-0.39, 0.29) is 18.4 Å². The molecule has 3 rings (SSSR count). The molecule has 0 radical (unpaired) electrons. The summed E-state index contributed by atoms with van der Waals surface area (Å²) in [5.41, 5.74) is 3.90. The molecule has 1 heterocycles. The number of nitrogens with zero attached hydrogens (tertiary/aromatic N) is 1. The molecule has 0 aliphatic heterocycles. The molecule has 0 bridgehead atoms. The summed E-state index contributed by atoms with van der Waals surface area (Å²) >= 11 is 0. The Morgan fingerprint density at radius 3 is 2.24 bits per heavy atom. The highest BCUT2D eigenvalue weighted by atomic mass is 16.6. The van der Waals surface area contributed by atoms with Crippen LogP contribution in [0.25, 0.3) is 0 Å². The zero-order valence-corrected chi connectivity index (χ0v) is 19.0. The van der Waals surface area contributed by atoms with Crippen LogP contribution in [-0.4, -0.2) is 28.8 Å². The van der Waals surface area contributed by atoms with Gasteiger partial charge in [0.1, 0.15) is 0 Å². The van der Waals surface area contributed by atoms with Gasteiger partial charge in [0, 0.05) is 29.6 Å². The fourth-order valence-electron chi connectivity index (χ4n) is 3.20.